The van der Waals surface area contributed by atoms with Crippen molar-refractivity contribution in [1.29, 1.82) is 0 Å². The topological polar surface area (TPSA) is 77.2 Å². The second-order valence-electron chi connectivity index (χ2n) is 10.0. The van der Waals surface area contributed by atoms with Gasteiger partial charge in [0.2, 0.25) is 5.91 Å². The summed E-state index contributed by atoms with van der Waals surface area (Å²) in [6.45, 7) is 2.07. The van der Waals surface area contributed by atoms with E-state index in [1.165, 1.54) is 12.1 Å². The molecule has 2 bridgehead atoms. The number of carbonyl (C=O) groups is 1. The molecule has 1 aromatic heterocycles. The minimum atomic E-state index is -0.284. The first-order valence-electron chi connectivity index (χ1n) is 10.7. The van der Waals surface area contributed by atoms with Crippen LogP contribution in [0.3, 0.4) is 0 Å². The highest BCUT2D eigenvalue weighted by Crippen LogP contribution is 2.62. The van der Waals surface area contributed by atoms with Crippen LogP contribution in [0.15, 0.2) is 30.5 Å². The molecule has 5 nitrogen and oxygen atoms in total. The molecule has 0 spiro atoms. The molecule has 2 aromatic rings. The number of benzene rings is 1. The van der Waals surface area contributed by atoms with E-state index >= 15 is 0 Å². The summed E-state index contributed by atoms with van der Waals surface area (Å²) < 4.78 is 19.9. The van der Waals surface area contributed by atoms with Crippen molar-refractivity contribution in [2.24, 2.45) is 29.4 Å². The molecule has 5 aliphatic rings. The molecule has 29 heavy (non-hydrogen) atoms. The molecular formula is C23H26FN3O2. The monoisotopic (exact) mass is 395 g/mol. The fourth-order valence-electron chi connectivity index (χ4n) is 6.60. The Morgan fingerprint density at radius 3 is 2.69 bits per heavy atom. The van der Waals surface area contributed by atoms with Gasteiger partial charge in [0.25, 0.3) is 0 Å². The first kappa shape index (κ1) is 17.6. The van der Waals surface area contributed by atoms with E-state index in [2.05, 4.69) is 17.2 Å². The van der Waals surface area contributed by atoms with Gasteiger partial charge in [-0.2, -0.15) is 0 Å². The number of hydrogen-bond donors (Lipinski definition) is 2. The number of pyridine rings is 1. The molecule has 1 aromatic carbocycles. The van der Waals surface area contributed by atoms with Gasteiger partial charge in [-0.15, -0.1) is 0 Å². The third-order valence-electron chi connectivity index (χ3n) is 7.88. The molecule has 5 atom stereocenters. The summed E-state index contributed by atoms with van der Waals surface area (Å²) in [5.41, 5.74) is 6.86. The van der Waals surface area contributed by atoms with E-state index in [1.54, 1.807) is 12.3 Å². The number of halogens is 1. The third-order valence-corrected chi connectivity index (χ3v) is 7.88. The standard InChI is InChI=1S/C23H26FN3O2/c1-12(21(28)27-23-9-22(25,10-23)11-23)20-15-7-14(8-16(15)20)29-19-4-5-26-18-3-2-13(24)6-17(18)19/h2-6,12,14-16,20H,7-11,25H2,1H3,(H,27,28)/t12?,14?,15-,16+,20?,22?,23?. The summed E-state index contributed by atoms with van der Waals surface area (Å²) in [5, 5.41) is 3.99. The Morgan fingerprint density at radius 1 is 1.28 bits per heavy atom. The zero-order valence-corrected chi connectivity index (χ0v) is 16.5. The van der Waals surface area contributed by atoms with E-state index < -0.39 is 0 Å². The average Bonchev–Trinajstić information content (AvgIpc) is 3.14. The Kier molecular flexibility index (Phi) is 3.46. The van der Waals surface area contributed by atoms with Crippen LogP contribution in [0.25, 0.3) is 10.9 Å². The van der Waals surface area contributed by atoms with Crippen LogP contribution in [0.1, 0.15) is 39.0 Å². The molecule has 1 heterocycles. The van der Waals surface area contributed by atoms with E-state index in [0.29, 0.717) is 28.9 Å². The first-order valence-corrected chi connectivity index (χ1v) is 10.7. The molecule has 152 valence electrons. The van der Waals surface area contributed by atoms with Crippen molar-refractivity contribution in [2.75, 3.05) is 0 Å². The van der Waals surface area contributed by atoms with Crippen molar-refractivity contribution in [3.8, 4) is 5.75 Å². The number of hydrogen-bond acceptors (Lipinski definition) is 4. The van der Waals surface area contributed by atoms with E-state index in [4.69, 9.17) is 10.5 Å². The van der Waals surface area contributed by atoms with Gasteiger partial charge in [0, 0.05) is 28.6 Å². The summed E-state index contributed by atoms with van der Waals surface area (Å²) in [6, 6.07) is 6.39. The van der Waals surface area contributed by atoms with Crippen molar-refractivity contribution in [3.63, 3.8) is 0 Å². The summed E-state index contributed by atoms with van der Waals surface area (Å²) >= 11 is 0. The normalized spacial score (nSPS) is 39.8. The van der Waals surface area contributed by atoms with Crippen molar-refractivity contribution < 1.29 is 13.9 Å². The summed E-state index contributed by atoms with van der Waals surface area (Å²) in [6.07, 6.45) is 6.56. The van der Waals surface area contributed by atoms with Crippen molar-refractivity contribution >= 4 is 16.8 Å². The summed E-state index contributed by atoms with van der Waals surface area (Å²) in [5.74, 6) is 2.22. The predicted octanol–water partition coefficient (Wildman–Crippen LogP) is 3.16. The fourth-order valence-corrected chi connectivity index (χ4v) is 6.60. The maximum atomic E-state index is 13.7. The lowest BCUT2D eigenvalue weighted by atomic mass is 9.44. The molecule has 5 fully saturated rings. The second-order valence-corrected chi connectivity index (χ2v) is 10.0. The Balaban J connectivity index is 1.07. The molecule has 0 radical (unpaired) electrons. The first-order chi connectivity index (χ1) is 13.8. The van der Waals surface area contributed by atoms with Gasteiger partial charge in [0.1, 0.15) is 11.6 Å². The Bertz CT molecular complexity index is 993. The zero-order valence-electron chi connectivity index (χ0n) is 16.5. The van der Waals surface area contributed by atoms with Crippen LogP contribution in [0.2, 0.25) is 0 Å². The van der Waals surface area contributed by atoms with E-state index in [1.807, 2.05) is 6.07 Å². The Labute approximate surface area is 169 Å². The van der Waals surface area contributed by atoms with Crippen molar-refractivity contribution in [1.82, 2.24) is 10.3 Å². The lowest BCUT2D eigenvalue weighted by Gasteiger charge is -2.69. The predicted molar refractivity (Wildman–Crippen MR) is 107 cm³/mol. The van der Waals surface area contributed by atoms with Crippen LogP contribution in [-0.4, -0.2) is 28.1 Å². The number of nitrogens with one attached hydrogen (secondary N) is 1. The van der Waals surface area contributed by atoms with Crippen LogP contribution < -0.4 is 15.8 Å². The molecule has 1 amide bonds. The van der Waals surface area contributed by atoms with Crippen LogP contribution in [0, 0.1) is 29.5 Å². The van der Waals surface area contributed by atoms with Gasteiger partial charge in [-0.05, 0) is 74.1 Å². The van der Waals surface area contributed by atoms with Gasteiger partial charge in [0.15, 0.2) is 0 Å². The number of aromatic nitrogens is 1. The number of ether oxygens (including phenoxy) is 1. The largest absolute Gasteiger partial charge is 0.490 e. The van der Waals surface area contributed by atoms with Gasteiger partial charge in [-0.1, -0.05) is 6.92 Å². The van der Waals surface area contributed by atoms with Gasteiger partial charge < -0.3 is 15.8 Å². The molecule has 0 aliphatic heterocycles. The van der Waals surface area contributed by atoms with Crippen LogP contribution in [0.5, 0.6) is 5.75 Å². The van der Waals surface area contributed by atoms with Crippen LogP contribution in [0.4, 0.5) is 4.39 Å². The van der Waals surface area contributed by atoms with Gasteiger partial charge in [-0.25, -0.2) is 4.39 Å². The molecule has 6 heteroatoms. The van der Waals surface area contributed by atoms with E-state index in [0.717, 1.165) is 37.6 Å². The quantitative estimate of drug-likeness (QED) is 0.815. The van der Waals surface area contributed by atoms with Crippen LogP contribution in [-0.2, 0) is 4.79 Å². The lowest BCUT2D eigenvalue weighted by molar-refractivity contribution is -0.140. The fraction of sp³-hybridized carbons (Fsp3) is 0.565. The second kappa shape index (κ2) is 5.69. The number of carbonyl (C=O) groups excluding carboxylic acids is 1. The molecular weight excluding hydrogens is 369 g/mol. The summed E-state index contributed by atoms with van der Waals surface area (Å²) in [4.78, 5) is 17.0. The smallest absolute Gasteiger partial charge is 0.223 e. The molecule has 5 aliphatic carbocycles. The Hall–Kier alpha value is -2.21. The van der Waals surface area contributed by atoms with E-state index in [-0.39, 0.29) is 34.8 Å². The Morgan fingerprint density at radius 2 is 2.00 bits per heavy atom. The van der Waals surface area contributed by atoms with Gasteiger partial charge >= 0.3 is 0 Å². The number of rotatable bonds is 5. The highest BCUT2D eigenvalue weighted by Gasteiger charge is 2.67. The number of nitrogens with two attached hydrogens (primary N) is 1. The minimum Gasteiger partial charge on any atom is -0.490 e. The van der Waals surface area contributed by atoms with Crippen LogP contribution >= 0.6 is 0 Å². The van der Waals surface area contributed by atoms with Gasteiger partial charge in [0.05, 0.1) is 11.6 Å². The molecule has 5 saturated carbocycles. The zero-order chi connectivity index (χ0) is 20.0. The maximum Gasteiger partial charge on any atom is 0.223 e. The summed E-state index contributed by atoms with van der Waals surface area (Å²) in [7, 11) is 0. The molecule has 0 saturated heterocycles. The number of nitrogens with zero attached hydrogens (tertiary/aromatic N) is 1. The lowest BCUT2D eigenvalue weighted by Crippen LogP contribution is -2.82. The average molecular weight is 395 g/mol. The highest BCUT2D eigenvalue weighted by atomic mass is 19.1. The van der Waals surface area contributed by atoms with E-state index in [9.17, 15) is 9.18 Å². The van der Waals surface area contributed by atoms with Gasteiger partial charge in [-0.3, -0.25) is 9.78 Å². The molecule has 3 N–H and O–H groups in total. The minimum absolute atomic E-state index is 0.00736. The van der Waals surface area contributed by atoms with Crippen molar-refractivity contribution in [2.45, 2.75) is 56.2 Å². The molecule has 7 rings (SSSR count). The number of amides is 1. The number of fused-ring (bicyclic) bond motifs is 2. The molecule has 3 unspecified atom stereocenters. The third kappa shape index (κ3) is 2.68. The van der Waals surface area contributed by atoms with Crippen molar-refractivity contribution in [3.05, 3.63) is 36.3 Å². The SMILES string of the molecule is CC(C(=O)NC12CC(N)(C1)C2)C1[C@H]2CC(Oc3ccnc4ccc(F)cc34)C[C@@H]12. The highest BCUT2D eigenvalue weighted by molar-refractivity contribution is 5.84. The maximum absolute atomic E-state index is 13.7.